The quantitative estimate of drug-likeness (QED) is 0.545. The second-order valence-electron chi connectivity index (χ2n) is 6.91. The van der Waals surface area contributed by atoms with Crippen LogP contribution in [0.25, 0.3) is 32.5 Å². The van der Waals surface area contributed by atoms with Gasteiger partial charge in [0.05, 0.1) is 16.6 Å². The minimum absolute atomic E-state index is 0.252. The van der Waals surface area contributed by atoms with E-state index in [9.17, 15) is 14.7 Å². The van der Waals surface area contributed by atoms with Gasteiger partial charge in [0.25, 0.3) is 0 Å². The number of fused-ring (bicyclic) bond motifs is 2. The number of aryl methyl sites for hydroxylation is 3. The minimum atomic E-state index is -0.981. The van der Waals surface area contributed by atoms with E-state index in [0.717, 1.165) is 26.7 Å². The summed E-state index contributed by atoms with van der Waals surface area (Å²) in [5.41, 5.74) is 10.7. The topological polar surface area (TPSA) is 98.2 Å². The van der Waals surface area contributed by atoms with Crippen LogP contribution in [0.5, 0.6) is 0 Å². The van der Waals surface area contributed by atoms with Crippen LogP contribution in [0.4, 0.5) is 0 Å². The van der Waals surface area contributed by atoms with Crippen LogP contribution in [-0.2, 0) is 7.05 Å². The number of carbonyl (C=O) groups is 2. The molecule has 0 bridgehead atoms. The van der Waals surface area contributed by atoms with Crippen LogP contribution in [0.1, 0.15) is 36.7 Å². The molecule has 28 heavy (non-hydrogen) atoms. The molecular weight excluding hydrogens is 374 g/mol. The Balaban J connectivity index is 2.17. The Bertz CT molecular complexity index is 1310. The molecular formula is C21H19N3O3S. The van der Waals surface area contributed by atoms with Gasteiger partial charge in [-0.2, -0.15) is 0 Å². The van der Waals surface area contributed by atoms with Crippen LogP contribution >= 0.6 is 11.3 Å². The number of primary amides is 1. The number of thiophene rings is 1. The highest BCUT2D eigenvalue weighted by molar-refractivity contribution is 7.21. The zero-order valence-corrected chi connectivity index (χ0v) is 16.8. The summed E-state index contributed by atoms with van der Waals surface area (Å²) in [6, 6.07) is 7.59. The highest BCUT2D eigenvalue weighted by Gasteiger charge is 2.26. The van der Waals surface area contributed by atoms with Crippen molar-refractivity contribution >= 4 is 44.3 Å². The van der Waals surface area contributed by atoms with Crippen molar-refractivity contribution in [3.63, 3.8) is 0 Å². The number of carboxylic acid groups (broad SMARTS) is 1. The van der Waals surface area contributed by atoms with Crippen molar-refractivity contribution in [2.45, 2.75) is 20.8 Å². The molecule has 0 radical (unpaired) electrons. The number of aromatic carboxylic acids is 1. The summed E-state index contributed by atoms with van der Waals surface area (Å²) >= 11 is 1.24. The Kier molecular flexibility index (Phi) is 4.01. The number of hydrogen-bond donors (Lipinski definition) is 2. The van der Waals surface area contributed by atoms with Gasteiger partial charge in [0.2, 0.25) is 5.91 Å². The molecule has 0 fully saturated rings. The first-order valence-corrected chi connectivity index (χ1v) is 9.56. The number of carbonyl (C=O) groups excluding carboxylic acids is 1. The van der Waals surface area contributed by atoms with Gasteiger partial charge >= 0.3 is 5.97 Å². The number of nitrogens with zero attached hydrogens (tertiary/aromatic N) is 2. The van der Waals surface area contributed by atoms with Gasteiger partial charge in [0.1, 0.15) is 10.7 Å². The van der Waals surface area contributed by atoms with Crippen LogP contribution in [0.15, 0.2) is 24.3 Å². The van der Waals surface area contributed by atoms with Gasteiger partial charge in [-0.3, -0.25) is 4.79 Å². The van der Waals surface area contributed by atoms with E-state index in [1.54, 1.807) is 0 Å². The van der Waals surface area contributed by atoms with E-state index in [1.165, 1.54) is 11.3 Å². The number of aromatic nitrogens is 2. The number of nitrogens with two attached hydrogens (primary N) is 1. The van der Waals surface area contributed by atoms with Crippen LogP contribution in [0.3, 0.4) is 0 Å². The zero-order valence-electron chi connectivity index (χ0n) is 16.0. The Labute approximate surface area is 165 Å². The fraction of sp³-hybridized carbons (Fsp3) is 0.190. The molecule has 142 valence electrons. The molecule has 0 saturated carbocycles. The lowest BCUT2D eigenvalue weighted by Crippen LogP contribution is -2.16. The van der Waals surface area contributed by atoms with E-state index in [0.29, 0.717) is 28.0 Å². The van der Waals surface area contributed by atoms with Gasteiger partial charge in [-0.05, 0) is 43.5 Å². The number of hydrogen-bond acceptors (Lipinski definition) is 4. The van der Waals surface area contributed by atoms with Gasteiger partial charge in [0.15, 0.2) is 0 Å². The molecule has 0 unspecified atom stereocenters. The summed E-state index contributed by atoms with van der Waals surface area (Å²) in [6.07, 6.45) is 0. The molecule has 0 aliphatic heterocycles. The molecule has 6 nitrogen and oxygen atoms in total. The molecule has 0 aliphatic carbocycles. The molecule has 2 aromatic carbocycles. The van der Waals surface area contributed by atoms with Gasteiger partial charge in [-0.15, -0.1) is 11.3 Å². The molecule has 2 heterocycles. The van der Waals surface area contributed by atoms with Crippen LogP contribution in [0.2, 0.25) is 0 Å². The summed E-state index contributed by atoms with van der Waals surface area (Å²) in [7, 11) is 1.87. The van der Waals surface area contributed by atoms with Crippen molar-refractivity contribution < 1.29 is 14.7 Å². The molecule has 7 heteroatoms. The minimum Gasteiger partial charge on any atom is -0.477 e. The lowest BCUT2D eigenvalue weighted by molar-refractivity contribution is 0.0702. The van der Waals surface area contributed by atoms with Gasteiger partial charge in [0, 0.05) is 22.7 Å². The maximum absolute atomic E-state index is 12.0. The molecule has 0 saturated heterocycles. The third kappa shape index (κ3) is 2.36. The summed E-state index contributed by atoms with van der Waals surface area (Å²) < 4.78 is 2.81. The Hall–Kier alpha value is -3.19. The highest BCUT2D eigenvalue weighted by Crippen LogP contribution is 2.40. The summed E-state index contributed by atoms with van der Waals surface area (Å²) in [6.45, 7) is 5.63. The second-order valence-corrected chi connectivity index (χ2v) is 7.97. The number of rotatable bonds is 3. The van der Waals surface area contributed by atoms with E-state index in [2.05, 4.69) is 0 Å². The summed E-state index contributed by atoms with van der Waals surface area (Å²) in [4.78, 5) is 29.0. The Morgan fingerprint density at radius 2 is 1.79 bits per heavy atom. The second kappa shape index (κ2) is 6.17. The molecule has 0 spiro atoms. The molecule has 3 N–H and O–H groups in total. The Morgan fingerprint density at radius 3 is 2.43 bits per heavy atom. The first-order chi connectivity index (χ1) is 13.2. The fourth-order valence-electron chi connectivity index (χ4n) is 3.97. The summed E-state index contributed by atoms with van der Waals surface area (Å²) in [5.74, 6) is -0.901. The predicted molar refractivity (Wildman–Crippen MR) is 111 cm³/mol. The lowest BCUT2D eigenvalue weighted by Gasteiger charge is -2.12. The maximum Gasteiger partial charge on any atom is 0.346 e. The van der Waals surface area contributed by atoms with Crippen molar-refractivity contribution in [3.8, 4) is 11.4 Å². The first-order valence-electron chi connectivity index (χ1n) is 8.75. The third-order valence-electron chi connectivity index (χ3n) is 5.38. The molecule has 0 aliphatic rings. The number of amides is 1. The standard InChI is InChI=1S/C21H19N3O3S/c1-9-10(2)17-16(11(3)14(9)19(22)25)23-20(24(17)4)15-12-7-5-6-8-13(12)28-18(15)21(26)27/h5-8H,1-4H3,(H2,22,25)(H,26,27). The van der Waals surface area contributed by atoms with E-state index in [4.69, 9.17) is 10.7 Å². The maximum atomic E-state index is 12.0. The van der Waals surface area contributed by atoms with Crippen LogP contribution in [0, 0.1) is 20.8 Å². The highest BCUT2D eigenvalue weighted by atomic mass is 32.1. The van der Waals surface area contributed by atoms with Crippen molar-refractivity contribution in [3.05, 3.63) is 51.4 Å². The number of benzene rings is 2. The number of imidazole rings is 1. The Morgan fingerprint density at radius 1 is 1.11 bits per heavy atom. The van der Waals surface area contributed by atoms with Crippen LogP contribution in [-0.4, -0.2) is 26.5 Å². The van der Waals surface area contributed by atoms with E-state index < -0.39 is 11.9 Å². The van der Waals surface area contributed by atoms with Crippen molar-refractivity contribution in [1.82, 2.24) is 9.55 Å². The predicted octanol–water partition coefficient (Wildman–Crippen LogP) is 4.18. The smallest absolute Gasteiger partial charge is 0.346 e. The van der Waals surface area contributed by atoms with Crippen LogP contribution < -0.4 is 5.73 Å². The lowest BCUT2D eigenvalue weighted by atomic mass is 9.96. The normalized spacial score (nSPS) is 11.4. The van der Waals surface area contributed by atoms with Crippen molar-refractivity contribution in [1.29, 1.82) is 0 Å². The average molecular weight is 393 g/mol. The van der Waals surface area contributed by atoms with Gasteiger partial charge < -0.3 is 15.4 Å². The monoisotopic (exact) mass is 393 g/mol. The molecule has 0 atom stereocenters. The third-order valence-corrected chi connectivity index (χ3v) is 6.54. The van der Waals surface area contributed by atoms with E-state index >= 15 is 0 Å². The average Bonchev–Trinajstić information content (AvgIpc) is 3.18. The first kappa shape index (κ1) is 18.2. The largest absolute Gasteiger partial charge is 0.477 e. The van der Waals surface area contributed by atoms with E-state index in [-0.39, 0.29) is 4.88 Å². The summed E-state index contributed by atoms with van der Waals surface area (Å²) in [5, 5.41) is 10.6. The van der Waals surface area contributed by atoms with Crippen molar-refractivity contribution in [2.75, 3.05) is 0 Å². The zero-order chi connectivity index (χ0) is 20.3. The van der Waals surface area contributed by atoms with E-state index in [1.807, 2.05) is 56.7 Å². The fourth-order valence-corrected chi connectivity index (χ4v) is 5.00. The van der Waals surface area contributed by atoms with Crippen molar-refractivity contribution in [2.24, 2.45) is 12.8 Å². The molecule has 1 amide bonds. The molecule has 4 rings (SSSR count). The van der Waals surface area contributed by atoms with Gasteiger partial charge in [-0.1, -0.05) is 18.2 Å². The number of carboxylic acids is 1. The van der Waals surface area contributed by atoms with Gasteiger partial charge in [-0.25, -0.2) is 9.78 Å². The molecule has 2 aromatic heterocycles. The SMILES string of the molecule is Cc1c(C(N)=O)c(C)c2nc(-c3c(C(=O)O)sc4ccccc34)n(C)c2c1C. The molecule has 4 aromatic rings.